The van der Waals surface area contributed by atoms with E-state index in [1.807, 2.05) is 115 Å². The molecule has 10 heteroatoms. The van der Waals surface area contributed by atoms with E-state index in [-0.39, 0.29) is 38.7 Å². The van der Waals surface area contributed by atoms with Crippen molar-refractivity contribution in [1.82, 2.24) is 15.0 Å². The third kappa shape index (κ3) is 5.93. The van der Waals surface area contributed by atoms with Crippen LogP contribution in [0.5, 0.6) is 0 Å². The molecule has 2 heterocycles. The minimum Gasteiger partial charge on any atom is -0.457 e. The minimum absolute atomic E-state index is 0.168. The van der Waals surface area contributed by atoms with Crippen molar-refractivity contribution in [2.45, 2.75) is 0 Å². The number of aromatic nitrogens is 3. The molecule has 9 rings (SSSR count). The van der Waals surface area contributed by atoms with Crippen molar-refractivity contribution in [3.8, 4) is 67.5 Å². The van der Waals surface area contributed by atoms with E-state index in [9.17, 15) is 0 Å². The van der Waals surface area contributed by atoms with Gasteiger partial charge in [0.05, 0.1) is 0 Å². The van der Waals surface area contributed by atoms with Crippen LogP contribution in [-0.2, 0) is 0 Å². The molecule has 4 nitrogen and oxygen atoms in total. The number of nitrogens with zero attached hydrogens (tertiary/aromatic N) is 3. The Balaban J connectivity index is 1.29. The van der Waals surface area contributed by atoms with E-state index in [0.29, 0.717) is 44.6 Å². The van der Waals surface area contributed by atoms with Crippen LogP contribution in [0.1, 0.15) is 0 Å². The lowest BCUT2D eigenvalue weighted by Gasteiger charge is -2.18. The summed E-state index contributed by atoms with van der Waals surface area (Å²) in [5, 5.41) is 1.02. The zero-order chi connectivity index (χ0) is 37.8. The molecule has 2 aromatic heterocycles. The summed E-state index contributed by atoms with van der Waals surface area (Å²) >= 11 is 0. The van der Waals surface area contributed by atoms with Crippen LogP contribution in [0.15, 0.2) is 144 Å². The molecule has 0 unspecified atom stereocenters. The van der Waals surface area contributed by atoms with Crippen LogP contribution >= 0.6 is 0 Å². The van der Waals surface area contributed by atoms with Crippen molar-refractivity contribution in [2.75, 3.05) is 0 Å². The fourth-order valence-corrected chi connectivity index (χ4v) is 7.17. The maximum atomic E-state index is 7.03. The summed E-state index contributed by atoms with van der Waals surface area (Å²) in [4.78, 5) is 15.0. The first-order chi connectivity index (χ1) is 26.8. The molecule has 0 saturated heterocycles. The molecule has 0 fully saturated rings. The third-order valence-electron chi connectivity index (χ3n) is 9.99. The molecule has 9 aromatic rings. The first-order valence-corrected chi connectivity index (χ1v) is 17.6. The lowest BCUT2D eigenvalue weighted by molar-refractivity contribution is 0.674. The Bertz CT molecular complexity index is 2920. The Hall–Kier alpha value is -6.26. The van der Waals surface area contributed by atoms with Crippen LogP contribution in [0.25, 0.3) is 89.5 Å². The van der Waals surface area contributed by atoms with Gasteiger partial charge in [0.2, 0.25) is 0 Å². The highest BCUT2D eigenvalue weighted by Crippen LogP contribution is 2.34. The third-order valence-corrected chi connectivity index (χ3v) is 9.99. The summed E-state index contributed by atoms with van der Waals surface area (Å²) in [5.74, 6) is 1.06. The molecule has 7 aromatic carbocycles. The Morgan fingerprint density at radius 2 is 0.764 bits per heavy atom. The van der Waals surface area contributed by atoms with Gasteiger partial charge in [-0.3, -0.25) is 0 Å². The molecule has 0 atom stereocenters. The van der Waals surface area contributed by atoms with Gasteiger partial charge in [0.15, 0.2) is 17.5 Å². The largest absolute Gasteiger partial charge is 0.457 e. The lowest BCUT2D eigenvalue weighted by atomic mass is 9.66. The van der Waals surface area contributed by atoms with Gasteiger partial charge >= 0.3 is 0 Å². The van der Waals surface area contributed by atoms with E-state index < -0.39 is 0 Å². The monoisotopic (exact) mass is 687 g/mol. The van der Waals surface area contributed by atoms with Gasteiger partial charge in [-0.15, -0.1) is 5.46 Å². The first kappa shape index (κ1) is 34.5. The van der Waals surface area contributed by atoms with Crippen molar-refractivity contribution in [1.29, 1.82) is 0 Å². The number of rotatable bonds is 6. The van der Waals surface area contributed by atoms with Crippen LogP contribution < -0.4 is 32.8 Å². The Morgan fingerprint density at radius 1 is 0.309 bits per heavy atom. The maximum absolute atomic E-state index is 7.03. The highest BCUT2D eigenvalue weighted by molar-refractivity contribution is 6.65. The quantitative estimate of drug-likeness (QED) is 0.242. The van der Waals surface area contributed by atoms with Gasteiger partial charge in [-0.2, -0.15) is 0 Å². The topological polar surface area (TPSA) is 51.8 Å². The van der Waals surface area contributed by atoms with Gasteiger partial charge in [-0.05, 0) is 44.9 Å². The number of benzene rings is 7. The van der Waals surface area contributed by atoms with Crippen molar-refractivity contribution < 1.29 is 4.42 Å². The average molecular weight is 687 g/mol. The second-order valence-corrected chi connectivity index (χ2v) is 13.3. The first-order valence-electron chi connectivity index (χ1n) is 17.6. The maximum Gasteiger partial charge on any atom is 0.164 e. The van der Waals surface area contributed by atoms with Crippen molar-refractivity contribution in [2.24, 2.45) is 0 Å². The predicted octanol–water partition coefficient (Wildman–Crippen LogP) is 4.54. The van der Waals surface area contributed by atoms with Crippen LogP contribution in [0.2, 0.25) is 0 Å². The number of furan rings is 1. The molecule has 0 spiro atoms. The summed E-state index contributed by atoms with van der Waals surface area (Å²) in [6.45, 7) is 0. The summed E-state index contributed by atoms with van der Waals surface area (Å²) in [6, 6.07) is 45.9. The van der Waals surface area contributed by atoms with Gasteiger partial charge in [0.1, 0.15) is 58.2 Å². The van der Waals surface area contributed by atoms with Crippen LogP contribution in [0.3, 0.4) is 0 Å². The Labute approximate surface area is 327 Å². The highest BCUT2D eigenvalue weighted by atomic mass is 16.3. The fraction of sp³-hybridized carbons (Fsp3) is 0. The molecule has 55 heavy (non-hydrogen) atoms. The molecule has 0 saturated carbocycles. The molecule has 242 valence electrons. The SMILES string of the molecule is [B]c1c([B])c(-c2ccccc2)c2c(oc3c([B])c(-c4nc(-c5ccc(-c6ccccc6)cc5)nc(-c5cccc(-c6ccccc6)c5)n4)c([B])c([B])c32)c1[B]. The highest BCUT2D eigenvalue weighted by Gasteiger charge is 2.25. The standard InChI is InChI=1S/C45H23B6N3O/c46-35-31(27-15-8-3-9-16-27)32-33-36(47)37(48)34(38(49)42(33)55-41(32)40(51)39(35)50)45-53-43(28-21-19-26(20-22-28)24-11-4-1-5-12-24)52-44(54-45)30-18-10-17-29(23-30)25-13-6-2-7-14-25/h1-23H. The zero-order valence-corrected chi connectivity index (χ0v) is 29.5. The molecule has 12 radical (unpaired) electrons. The van der Waals surface area contributed by atoms with E-state index in [2.05, 4.69) is 24.3 Å². The summed E-state index contributed by atoms with van der Waals surface area (Å²) in [5.41, 5.74) is 9.22. The van der Waals surface area contributed by atoms with E-state index in [0.717, 1.165) is 38.9 Å². The van der Waals surface area contributed by atoms with E-state index in [1.54, 1.807) is 0 Å². The Morgan fingerprint density at radius 3 is 1.40 bits per heavy atom. The molecule has 0 N–H and O–H groups in total. The van der Waals surface area contributed by atoms with Crippen LogP contribution in [0, 0.1) is 0 Å². The lowest BCUT2D eigenvalue weighted by Crippen LogP contribution is -2.40. The summed E-state index contributed by atoms with van der Waals surface area (Å²) in [7, 11) is 40.6. The second-order valence-electron chi connectivity index (χ2n) is 13.3. The van der Waals surface area contributed by atoms with Crippen molar-refractivity contribution in [3.63, 3.8) is 0 Å². The smallest absolute Gasteiger partial charge is 0.164 e. The average Bonchev–Trinajstić information content (AvgIpc) is 3.64. The van der Waals surface area contributed by atoms with E-state index >= 15 is 0 Å². The van der Waals surface area contributed by atoms with Gasteiger partial charge in [-0.25, -0.2) is 15.0 Å². The van der Waals surface area contributed by atoms with E-state index in [1.165, 1.54) is 0 Å². The number of fused-ring (bicyclic) bond motifs is 3. The molecule has 0 aliphatic rings. The molecule has 0 aliphatic carbocycles. The minimum atomic E-state index is 0.168. The normalized spacial score (nSPS) is 11.3. The molecule has 0 aliphatic heterocycles. The summed E-state index contributed by atoms with van der Waals surface area (Å²) in [6.07, 6.45) is 0. The second kappa shape index (κ2) is 13.9. The van der Waals surface area contributed by atoms with Crippen LogP contribution in [0.4, 0.5) is 0 Å². The summed E-state index contributed by atoms with van der Waals surface area (Å²) < 4.78 is 6.47. The zero-order valence-electron chi connectivity index (χ0n) is 29.5. The van der Waals surface area contributed by atoms with Crippen molar-refractivity contribution in [3.05, 3.63) is 140 Å². The van der Waals surface area contributed by atoms with Crippen molar-refractivity contribution >= 4 is 102 Å². The van der Waals surface area contributed by atoms with Crippen LogP contribution in [-0.4, -0.2) is 62.0 Å². The molecule has 0 bridgehead atoms. The van der Waals surface area contributed by atoms with Gasteiger partial charge < -0.3 is 4.42 Å². The fourth-order valence-electron chi connectivity index (χ4n) is 7.17. The molecule has 0 amide bonds. The molecular formula is C45H23B6N3O. The number of hydrogen-bond acceptors (Lipinski definition) is 4. The van der Waals surface area contributed by atoms with Gasteiger partial charge in [0, 0.05) is 27.5 Å². The van der Waals surface area contributed by atoms with Gasteiger partial charge in [0.25, 0.3) is 0 Å². The number of hydrogen-bond donors (Lipinski definition) is 0. The van der Waals surface area contributed by atoms with E-state index in [4.69, 9.17) is 66.4 Å². The molecular weight excluding hydrogens is 663 g/mol. The Kier molecular flexibility index (Phi) is 8.70. The van der Waals surface area contributed by atoms with Gasteiger partial charge in [-0.1, -0.05) is 155 Å². The predicted molar refractivity (Wildman–Crippen MR) is 232 cm³/mol.